The molecule has 0 aliphatic carbocycles. The molecule has 212 valence electrons. The SMILES string of the molecule is COc1ccc(Cc2nc(N3CCC(Cc4ccccc4)CC3)ncc2C(=O)NS(=O)(=O)c2ccccc2Cl)cc1. The van der Waals surface area contributed by atoms with Crippen LogP contribution in [-0.2, 0) is 22.9 Å². The van der Waals surface area contributed by atoms with Gasteiger partial charge in [0, 0.05) is 25.7 Å². The molecule has 1 aromatic heterocycles. The highest BCUT2D eigenvalue weighted by atomic mass is 35.5. The van der Waals surface area contributed by atoms with E-state index >= 15 is 0 Å². The fourth-order valence-electron chi connectivity index (χ4n) is 5.00. The Labute approximate surface area is 245 Å². The number of hydrogen-bond donors (Lipinski definition) is 1. The van der Waals surface area contributed by atoms with Crippen molar-refractivity contribution in [1.29, 1.82) is 0 Å². The minimum Gasteiger partial charge on any atom is -0.497 e. The number of rotatable bonds is 9. The maximum absolute atomic E-state index is 13.3. The molecule has 1 fully saturated rings. The molecule has 0 saturated carbocycles. The lowest BCUT2D eigenvalue weighted by atomic mass is 9.90. The van der Waals surface area contributed by atoms with Gasteiger partial charge in [0.05, 0.1) is 23.4 Å². The maximum Gasteiger partial charge on any atom is 0.268 e. The van der Waals surface area contributed by atoms with Crippen LogP contribution in [0.3, 0.4) is 0 Å². The molecule has 0 spiro atoms. The Morgan fingerprint density at radius 1 is 0.976 bits per heavy atom. The summed E-state index contributed by atoms with van der Waals surface area (Å²) in [5.74, 6) is 0.991. The number of ether oxygens (including phenoxy) is 1. The molecule has 0 unspecified atom stereocenters. The molecule has 0 radical (unpaired) electrons. The van der Waals surface area contributed by atoms with Crippen LogP contribution in [-0.4, -0.2) is 44.5 Å². The van der Waals surface area contributed by atoms with Crippen LogP contribution in [0.2, 0.25) is 5.02 Å². The molecular weight excluding hydrogens is 560 g/mol. The number of amides is 1. The van der Waals surface area contributed by atoms with Crippen LogP contribution in [0.4, 0.5) is 5.95 Å². The summed E-state index contributed by atoms with van der Waals surface area (Å²) in [5, 5.41) is 0.0218. The van der Waals surface area contributed by atoms with E-state index in [1.165, 1.54) is 23.9 Å². The molecule has 1 saturated heterocycles. The first-order chi connectivity index (χ1) is 19.8. The molecule has 1 aliphatic heterocycles. The lowest BCUT2D eigenvalue weighted by Crippen LogP contribution is -2.36. The lowest BCUT2D eigenvalue weighted by molar-refractivity contribution is 0.0980. The van der Waals surface area contributed by atoms with Crippen molar-refractivity contribution in [2.75, 3.05) is 25.1 Å². The van der Waals surface area contributed by atoms with E-state index in [0.717, 1.165) is 37.9 Å². The molecule has 10 heteroatoms. The lowest BCUT2D eigenvalue weighted by Gasteiger charge is -2.32. The fourth-order valence-corrected chi connectivity index (χ4v) is 6.49. The maximum atomic E-state index is 13.3. The van der Waals surface area contributed by atoms with Crippen molar-refractivity contribution in [3.8, 4) is 5.75 Å². The molecule has 5 rings (SSSR count). The largest absolute Gasteiger partial charge is 0.497 e. The number of anilines is 1. The van der Waals surface area contributed by atoms with Gasteiger partial charge in [-0.15, -0.1) is 0 Å². The van der Waals surface area contributed by atoms with E-state index in [9.17, 15) is 13.2 Å². The molecule has 3 aromatic carbocycles. The van der Waals surface area contributed by atoms with Crippen LogP contribution in [0.1, 0.15) is 40.0 Å². The molecule has 0 atom stereocenters. The molecule has 1 N–H and O–H groups in total. The number of hydrogen-bond acceptors (Lipinski definition) is 7. The third-order valence-corrected chi connectivity index (χ3v) is 9.08. The van der Waals surface area contributed by atoms with Crippen LogP contribution in [0, 0.1) is 5.92 Å². The Hall–Kier alpha value is -3.95. The summed E-state index contributed by atoms with van der Waals surface area (Å²) in [5.41, 5.74) is 2.74. The number of nitrogens with one attached hydrogen (secondary N) is 1. The number of carbonyl (C=O) groups excluding carboxylic acids is 1. The number of piperidine rings is 1. The first kappa shape index (κ1) is 28.6. The van der Waals surface area contributed by atoms with Gasteiger partial charge < -0.3 is 9.64 Å². The van der Waals surface area contributed by atoms with Crippen LogP contribution in [0.15, 0.2) is 90.0 Å². The van der Waals surface area contributed by atoms with Crippen molar-refractivity contribution in [2.45, 2.75) is 30.6 Å². The molecule has 41 heavy (non-hydrogen) atoms. The molecule has 2 heterocycles. The van der Waals surface area contributed by atoms with Crippen molar-refractivity contribution in [2.24, 2.45) is 5.92 Å². The highest BCUT2D eigenvalue weighted by molar-refractivity contribution is 7.90. The standard InChI is InChI=1S/C31H31ClN4O4S/c1-40-25-13-11-23(12-14-25)20-28-26(30(37)35-41(38,39)29-10-6-5-9-27(29)32)21-33-31(34-28)36-17-15-24(16-18-36)19-22-7-3-2-4-8-22/h2-14,21,24H,15-20H2,1H3,(H,35,37). The van der Waals surface area contributed by atoms with Gasteiger partial charge in [-0.2, -0.15) is 0 Å². The Morgan fingerprint density at radius 3 is 2.34 bits per heavy atom. The van der Waals surface area contributed by atoms with Gasteiger partial charge in [0.15, 0.2) is 0 Å². The molecule has 4 aromatic rings. The van der Waals surface area contributed by atoms with Gasteiger partial charge in [0.25, 0.3) is 15.9 Å². The van der Waals surface area contributed by atoms with E-state index in [0.29, 0.717) is 29.7 Å². The second-order valence-corrected chi connectivity index (χ2v) is 12.1. The Bertz CT molecular complexity index is 1610. The van der Waals surface area contributed by atoms with Gasteiger partial charge >= 0.3 is 0 Å². The average molecular weight is 591 g/mol. The zero-order chi connectivity index (χ0) is 28.8. The van der Waals surface area contributed by atoms with E-state index in [2.05, 4.69) is 38.9 Å². The summed E-state index contributed by atoms with van der Waals surface area (Å²) < 4.78 is 33.3. The first-order valence-electron chi connectivity index (χ1n) is 13.4. The Kier molecular flexibility index (Phi) is 8.85. The summed E-state index contributed by atoms with van der Waals surface area (Å²) >= 11 is 6.09. The predicted octanol–water partition coefficient (Wildman–Crippen LogP) is 5.31. The van der Waals surface area contributed by atoms with E-state index in [1.807, 2.05) is 30.3 Å². The average Bonchev–Trinajstić information content (AvgIpc) is 2.98. The van der Waals surface area contributed by atoms with Crippen molar-refractivity contribution in [1.82, 2.24) is 14.7 Å². The van der Waals surface area contributed by atoms with E-state index < -0.39 is 15.9 Å². The van der Waals surface area contributed by atoms with Crippen LogP contribution in [0.25, 0.3) is 0 Å². The molecule has 0 bridgehead atoms. The highest BCUT2D eigenvalue weighted by Gasteiger charge is 2.26. The fraction of sp³-hybridized carbons (Fsp3) is 0.258. The third kappa shape index (κ3) is 7.04. The summed E-state index contributed by atoms with van der Waals surface area (Å²) in [6, 6.07) is 23.9. The van der Waals surface area contributed by atoms with Crippen LogP contribution in [0.5, 0.6) is 5.75 Å². The van der Waals surface area contributed by atoms with Crippen molar-refractivity contribution < 1.29 is 17.9 Å². The number of aromatic nitrogens is 2. The minimum absolute atomic E-state index is 0.0218. The van der Waals surface area contributed by atoms with E-state index in [-0.39, 0.29) is 15.5 Å². The quantitative estimate of drug-likeness (QED) is 0.282. The van der Waals surface area contributed by atoms with Gasteiger partial charge in [-0.25, -0.2) is 23.1 Å². The number of benzene rings is 3. The molecule has 8 nitrogen and oxygen atoms in total. The summed E-state index contributed by atoms with van der Waals surface area (Å²) in [6.07, 6.45) is 4.76. The number of sulfonamides is 1. The van der Waals surface area contributed by atoms with Crippen molar-refractivity contribution in [3.63, 3.8) is 0 Å². The minimum atomic E-state index is -4.21. The topological polar surface area (TPSA) is 101 Å². The normalized spacial score (nSPS) is 14.0. The van der Waals surface area contributed by atoms with Crippen LogP contribution < -0.4 is 14.4 Å². The number of carbonyl (C=O) groups is 1. The van der Waals surface area contributed by atoms with Gasteiger partial charge in [-0.05, 0) is 60.6 Å². The highest BCUT2D eigenvalue weighted by Crippen LogP contribution is 2.26. The van der Waals surface area contributed by atoms with Gasteiger partial charge in [0.2, 0.25) is 5.95 Å². The summed E-state index contributed by atoms with van der Waals surface area (Å²) in [4.78, 5) is 24.5. The van der Waals surface area contributed by atoms with Gasteiger partial charge in [-0.3, -0.25) is 4.79 Å². The van der Waals surface area contributed by atoms with Crippen molar-refractivity contribution >= 4 is 33.5 Å². The van der Waals surface area contributed by atoms with E-state index in [1.54, 1.807) is 19.2 Å². The van der Waals surface area contributed by atoms with Gasteiger partial charge in [-0.1, -0.05) is 66.2 Å². The monoisotopic (exact) mass is 590 g/mol. The van der Waals surface area contributed by atoms with Crippen molar-refractivity contribution in [3.05, 3.63) is 112 Å². The number of nitrogens with zero attached hydrogens (tertiary/aromatic N) is 3. The Balaban J connectivity index is 1.38. The molecular formula is C31H31ClN4O4S. The smallest absolute Gasteiger partial charge is 0.268 e. The second kappa shape index (κ2) is 12.7. The van der Waals surface area contributed by atoms with Gasteiger partial charge in [0.1, 0.15) is 10.6 Å². The second-order valence-electron chi connectivity index (χ2n) is 10.0. The van der Waals surface area contributed by atoms with Crippen LogP contribution >= 0.6 is 11.6 Å². The molecule has 1 amide bonds. The predicted molar refractivity (Wildman–Crippen MR) is 159 cm³/mol. The zero-order valence-electron chi connectivity index (χ0n) is 22.7. The first-order valence-corrected chi connectivity index (χ1v) is 15.3. The Morgan fingerprint density at radius 2 is 1.66 bits per heavy atom. The van der Waals surface area contributed by atoms with E-state index in [4.69, 9.17) is 21.3 Å². The molecule has 1 aliphatic rings. The summed E-state index contributed by atoms with van der Waals surface area (Å²) in [7, 11) is -2.62. The number of methoxy groups -OCH3 is 1. The summed E-state index contributed by atoms with van der Waals surface area (Å²) in [6.45, 7) is 1.60. The zero-order valence-corrected chi connectivity index (χ0v) is 24.2. The number of halogens is 1. The third-order valence-electron chi connectivity index (χ3n) is 7.25.